The van der Waals surface area contributed by atoms with Crippen LogP contribution in [0.3, 0.4) is 0 Å². The zero-order chi connectivity index (χ0) is 15.5. The maximum Gasteiger partial charge on any atom is 0.184 e. The average molecular weight is 307 g/mol. The normalized spacial score (nSPS) is 37.9. The third kappa shape index (κ3) is 2.80. The number of ether oxygens (including phenoxy) is 4. The van der Waals surface area contributed by atoms with Crippen molar-refractivity contribution in [3.63, 3.8) is 0 Å². The molecule has 3 rings (SSSR count). The zero-order valence-electron chi connectivity index (χ0n) is 12.0. The number of aliphatic hydroxyl groups excluding tert-OH is 1. The third-order valence-electron chi connectivity index (χ3n) is 3.82. The van der Waals surface area contributed by atoms with E-state index in [4.69, 9.17) is 24.5 Å². The predicted molar refractivity (Wildman–Crippen MR) is 74.6 cm³/mol. The quantitative estimate of drug-likeness (QED) is 0.517. The molecule has 0 aliphatic carbocycles. The van der Waals surface area contributed by atoms with Crippen molar-refractivity contribution in [2.45, 2.75) is 36.9 Å². The van der Waals surface area contributed by atoms with Gasteiger partial charge in [0.05, 0.1) is 12.7 Å². The molecule has 0 bridgehead atoms. The molecule has 2 heterocycles. The van der Waals surface area contributed by atoms with Gasteiger partial charge >= 0.3 is 0 Å². The maximum atomic E-state index is 10.5. The first-order chi connectivity index (χ1) is 10.7. The Labute approximate surface area is 127 Å². The van der Waals surface area contributed by atoms with Crippen molar-refractivity contribution < 1.29 is 24.1 Å². The number of hydrogen-bond donors (Lipinski definition) is 1. The van der Waals surface area contributed by atoms with Crippen molar-refractivity contribution in [1.29, 1.82) is 0 Å². The monoisotopic (exact) mass is 307 g/mol. The first-order valence-corrected chi connectivity index (χ1v) is 6.97. The molecular formula is C14H17N3O5. The first kappa shape index (κ1) is 15.2. The van der Waals surface area contributed by atoms with Crippen molar-refractivity contribution in [2.24, 2.45) is 5.11 Å². The van der Waals surface area contributed by atoms with E-state index in [-0.39, 0.29) is 6.61 Å². The summed E-state index contributed by atoms with van der Waals surface area (Å²) in [5.41, 5.74) is 9.50. The Hall–Kier alpha value is -1.67. The number of hydrogen-bond acceptors (Lipinski definition) is 6. The maximum absolute atomic E-state index is 10.5. The molecule has 1 N–H and O–H groups in total. The van der Waals surface area contributed by atoms with Crippen LogP contribution < -0.4 is 0 Å². The molecule has 0 aromatic heterocycles. The van der Waals surface area contributed by atoms with Gasteiger partial charge in [0.2, 0.25) is 0 Å². The van der Waals surface area contributed by atoms with E-state index in [1.807, 2.05) is 30.3 Å². The van der Waals surface area contributed by atoms with Gasteiger partial charge in [-0.2, -0.15) is 0 Å². The fraction of sp³-hybridized carbons (Fsp3) is 0.571. The molecular weight excluding hydrogens is 290 g/mol. The second kappa shape index (κ2) is 6.62. The van der Waals surface area contributed by atoms with E-state index in [1.54, 1.807) is 0 Å². The largest absolute Gasteiger partial charge is 0.390 e. The second-order valence-electron chi connectivity index (χ2n) is 5.14. The van der Waals surface area contributed by atoms with E-state index in [0.29, 0.717) is 0 Å². The molecule has 3 unspecified atom stereocenters. The van der Waals surface area contributed by atoms with Gasteiger partial charge in [-0.3, -0.25) is 0 Å². The van der Waals surface area contributed by atoms with Crippen molar-refractivity contribution in [1.82, 2.24) is 0 Å². The Morgan fingerprint density at radius 3 is 2.77 bits per heavy atom. The lowest BCUT2D eigenvalue weighted by Crippen LogP contribution is -2.61. The molecule has 0 spiro atoms. The van der Waals surface area contributed by atoms with Gasteiger partial charge in [0, 0.05) is 17.6 Å². The van der Waals surface area contributed by atoms with Gasteiger partial charge in [-0.15, -0.1) is 0 Å². The number of benzene rings is 1. The van der Waals surface area contributed by atoms with Crippen LogP contribution in [-0.2, 0) is 18.9 Å². The number of azide groups is 1. The van der Waals surface area contributed by atoms with Crippen LogP contribution in [0.2, 0.25) is 0 Å². The smallest absolute Gasteiger partial charge is 0.184 e. The highest BCUT2D eigenvalue weighted by Gasteiger charge is 2.49. The molecule has 2 aliphatic rings. The molecule has 2 aliphatic heterocycles. The fourth-order valence-corrected chi connectivity index (χ4v) is 2.73. The second-order valence-corrected chi connectivity index (χ2v) is 5.14. The van der Waals surface area contributed by atoms with Crippen molar-refractivity contribution >= 4 is 0 Å². The molecule has 1 aromatic rings. The standard InChI is InChI=1S/C14H17N3O5/c1-19-14-10(16-17-15)11(18)12-9(21-14)7-20-13(22-12)8-5-3-2-4-6-8/h2-6,9-14,18H,7H2,1H3/t9?,10?,11-,12-,13?,14+/m1/s1. The average Bonchev–Trinajstić information content (AvgIpc) is 2.58. The summed E-state index contributed by atoms with van der Waals surface area (Å²) in [7, 11) is 1.43. The molecule has 8 heteroatoms. The molecule has 118 valence electrons. The Kier molecular flexibility index (Phi) is 4.58. The molecule has 0 radical (unpaired) electrons. The minimum absolute atomic E-state index is 0.254. The fourth-order valence-electron chi connectivity index (χ4n) is 2.73. The number of rotatable bonds is 3. The van der Waals surface area contributed by atoms with Crippen molar-refractivity contribution in [2.75, 3.05) is 13.7 Å². The van der Waals surface area contributed by atoms with E-state index in [9.17, 15) is 5.11 Å². The van der Waals surface area contributed by atoms with Gasteiger partial charge in [-0.1, -0.05) is 35.4 Å². The molecule has 22 heavy (non-hydrogen) atoms. The molecule has 1 aromatic carbocycles. The number of aliphatic hydroxyl groups is 1. The highest BCUT2D eigenvalue weighted by molar-refractivity contribution is 5.16. The summed E-state index contributed by atoms with van der Waals surface area (Å²) < 4.78 is 22.3. The lowest BCUT2D eigenvalue weighted by Gasteiger charge is -2.46. The molecule has 2 fully saturated rings. The molecule has 8 nitrogen and oxygen atoms in total. The summed E-state index contributed by atoms with van der Waals surface area (Å²) in [6.07, 6.45) is -3.58. The lowest BCUT2D eigenvalue weighted by molar-refractivity contribution is -0.338. The van der Waals surface area contributed by atoms with E-state index >= 15 is 0 Å². The van der Waals surface area contributed by atoms with Crippen LogP contribution >= 0.6 is 0 Å². The van der Waals surface area contributed by atoms with Crippen molar-refractivity contribution in [3.8, 4) is 0 Å². The molecule has 0 amide bonds. The Morgan fingerprint density at radius 1 is 1.32 bits per heavy atom. The summed E-state index contributed by atoms with van der Waals surface area (Å²) in [5.74, 6) is 0. The van der Waals surface area contributed by atoms with Crippen LogP contribution in [0.25, 0.3) is 10.4 Å². The third-order valence-corrected chi connectivity index (χ3v) is 3.82. The first-order valence-electron chi connectivity index (χ1n) is 6.97. The van der Waals surface area contributed by atoms with Crippen LogP contribution in [0, 0.1) is 0 Å². The Bertz CT molecular complexity index is 551. The highest BCUT2D eigenvalue weighted by Crippen LogP contribution is 2.35. The van der Waals surface area contributed by atoms with Crippen LogP contribution in [0.15, 0.2) is 35.4 Å². The van der Waals surface area contributed by atoms with Gasteiger partial charge in [-0.05, 0) is 5.53 Å². The van der Waals surface area contributed by atoms with Crippen LogP contribution in [0.5, 0.6) is 0 Å². The predicted octanol–water partition coefficient (Wildman–Crippen LogP) is 1.51. The summed E-state index contributed by atoms with van der Waals surface area (Å²) >= 11 is 0. The summed E-state index contributed by atoms with van der Waals surface area (Å²) in [6.45, 7) is 0.254. The highest BCUT2D eigenvalue weighted by atomic mass is 16.7. The van der Waals surface area contributed by atoms with Gasteiger partial charge < -0.3 is 24.1 Å². The van der Waals surface area contributed by atoms with Gasteiger partial charge in [0.15, 0.2) is 12.6 Å². The van der Waals surface area contributed by atoms with E-state index < -0.39 is 36.9 Å². The lowest BCUT2D eigenvalue weighted by atomic mass is 9.96. The van der Waals surface area contributed by atoms with Crippen LogP contribution in [0.1, 0.15) is 11.9 Å². The number of methoxy groups -OCH3 is 1. The van der Waals surface area contributed by atoms with E-state index in [2.05, 4.69) is 10.0 Å². The van der Waals surface area contributed by atoms with E-state index in [1.165, 1.54) is 7.11 Å². The SMILES string of the molecule is CO[C@H]1OC2COC(c3ccccc3)O[C@H]2[C@H](O)C1N=[N+]=[N-]. The number of nitrogens with zero attached hydrogens (tertiary/aromatic N) is 3. The topological polar surface area (TPSA) is 106 Å². The minimum Gasteiger partial charge on any atom is -0.390 e. The summed E-state index contributed by atoms with van der Waals surface area (Å²) in [5, 5.41) is 14.0. The van der Waals surface area contributed by atoms with Crippen molar-refractivity contribution in [3.05, 3.63) is 46.3 Å². The zero-order valence-corrected chi connectivity index (χ0v) is 12.0. The molecule has 2 saturated heterocycles. The van der Waals surface area contributed by atoms with Gasteiger partial charge in [0.1, 0.15) is 18.2 Å². The minimum atomic E-state index is -1.03. The Balaban J connectivity index is 1.79. The van der Waals surface area contributed by atoms with Gasteiger partial charge in [-0.25, -0.2) is 0 Å². The Morgan fingerprint density at radius 2 is 2.09 bits per heavy atom. The van der Waals surface area contributed by atoms with Crippen LogP contribution in [-0.4, -0.2) is 49.5 Å². The molecule has 0 saturated carbocycles. The number of fused-ring (bicyclic) bond motifs is 1. The molecule has 6 atom stereocenters. The summed E-state index contributed by atoms with van der Waals surface area (Å²) in [6, 6.07) is 8.55. The van der Waals surface area contributed by atoms with E-state index in [0.717, 1.165) is 5.56 Å². The van der Waals surface area contributed by atoms with Gasteiger partial charge in [0.25, 0.3) is 0 Å². The summed E-state index contributed by atoms with van der Waals surface area (Å²) in [4.78, 5) is 2.74. The van der Waals surface area contributed by atoms with Crippen LogP contribution in [0.4, 0.5) is 0 Å².